The van der Waals surface area contributed by atoms with Crippen molar-refractivity contribution in [3.8, 4) is 0 Å². The molecular formula is C12H10ClF2NO. The van der Waals surface area contributed by atoms with E-state index >= 15 is 0 Å². The highest BCUT2D eigenvalue weighted by Gasteiger charge is 2.18. The quantitative estimate of drug-likeness (QED) is 0.836. The summed E-state index contributed by atoms with van der Waals surface area (Å²) in [7, 11) is 0. The standard InChI is InChI=1S/C12H10ClF2NO/c1-6-2-3-11(17-6)12(16)7-4-9(14)10(15)5-8(7)13/h2-5,12H,16H2,1H3. The van der Waals surface area contributed by atoms with Gasteiger partial charge >= 0.3 is 0 Å². The molecule has 0 saturated carbocycles. The van der Waals surface area contributed by atoms with E-state index < -0.39 is 17.7 Å². The lowest BCUT2D eigenvalue weighted by molar-refractivity contribution is 0.463. The fourth-order valence-corrected chi connectivity index (χ4v) is 1.82. The molecule has 0 fully saturated rings. The molecule has 0 amide bonds. The maximum Gasteiger partial charge on any atom is 0.160 e. The lowest BCUT2D eigenvalue weighted by Gasteiger charge is -2.11. The number of hydrogen-bond donors (Lipinski definition) is 1. The van der Waals surface area contributed by atoms with Crippen LogP contribution in [0.15, 0.2) is 28.7 Å². The minimum absolute atomic E-state index is 0.0745. The van der Waals surface area contributed by atoms with Gasteiger partial charge < -0.3 is 10.2 Å². The van der Waals surface area contributed by atoms with Gasteiger partial charge in [0.2, 0.25) is 0 Å². The predicted molar refractivity (Wildman–Crippen MR) is 60.8 cm³/mol. The normalized spacial score (nSPS) is 12.8. The predicted octanol–water partition coefficient (Wildman–Crippen LogP) is 3.57. The summed E-state index contributed by atoms with van der Waals surface area (Å²) in [6.07, 6.45) is 0. The van der Waals surface area contributed by atoms with Gasteiger partial charge in [-0.05, 0) is 36.8 Å². The summed E-state index contributed by atoms with van der Waals surface area (Å²) in [5, 5.41) is 0.0745. The van der Waals surface area contributed by atoms with Crippen molar-refractivity contribution in [2.75, 3.05) is 0 Å². The summed E-state index contributed by atoms with van der Waals surface area (Å²) in [5.41, 5.74) is 6.17. The molecular weight excluding hydrogens is 248 g/mol. The number of benzene rings is 1. The molecule has 0 aliphatic heterocycles. The number of halogens is 3. The molecule has 2 rings (SSSR count). The number of hydrogen-bond acceptors (Lipinski definition) is 2. The van der Waals surface area contributed by atoms with Crippen molar-refractivity contribution in [3.05, 3.63) is 58.0 Å². The van der Waals surface area contributed by atoms with E-state index in [1.807, 2.05) is 0 Å². The van der Waals surface area contributed by atoms with Crippen LogP contribution in [0, 0.1) is 18.6 Å². The van der Waals surface area contributed by atoms with E-state index in [4.69, 9.17) is 21.8 Å². The van der Waals surface area contributed by atoms with Crippen LogP contribution < -0.4 is 5.73 Å². The highest BCUT2D eigenvalue weighted by molar-refractivity contribution is 6.31. The molecule has 0 aliphatic rings. The Labute approximate surface area is 102 Å². The maximum atomic E-state index is 13.1. The van der Waals surface area contributed by atoms with Gasteiger partial charge in [-0.25, -0.2) is 8.78 Å². The number of furan rings is 1. The third kappa shape index (κ3) is 2.33. The summed E-state index contributed by atoms with van der Waals surface area (Å²) >= 11 is 5.82. The average Bonchev–Trinajstić information content (AvgIpc) is 2.69. The third-order valence-electron chi connectivity index (χ3n) is 2.44. The molecule has 0 saturated heterocycles. The molecule has 0 radical (unpaired) electrons. The fraction of sp³-hybridized carbons (Fsp3) is 0.167. The van der Waals surface area contributed by atoms with Crippen molar-refractivity contribution in [2.24, 2.45) is 5.73 Å². The second kappa shape index (κ2) is 4.47. The van der Waals surface area contributed by atoms with Crippen LogP contribution in [0.3, 0.4) is 0 Å². The summed E-state index contributed by atoms with van der Waals surface area (Å²) < 4.78 is 31.4. The molecule has 1 aromatic heterocycles. The minimum Gasteiger partial charge on any atom is -0.464 e. The van der Waals surface area contributed by atoms with Gasteiger partial charge in [0.1, 0.15) is 11.5 Å². The second-order valence-electron chi connectivity index (χ2n) is 3.71. The third-order valence-corrected chi connectivity index (χ3v) is 2.77. The van der Waals surface area contributed by atoms with Gasteiger partial charge in [0, 0.05) is 5.02 Å². The average molecular weight is 258 g/mol. The van der Waals surface area contributed by atoms with Crippen LogP contribution in [-0.2, 0) is 0 Å². The first-order chi connectivity index (χ1) is 7.99. The monoisotopic (exact) mass is 257 g/mol. The van der Waals surface area contributed by atoms with Crippen molar-refractivity contribution in [1.82, 2.24) is 0 Å². The molecule has 0 spiro atoms. The molecule has 2 nitrogen and oxygen atoms in total. The SMILES string of the molecule is Cc1ccc(C(N)c2cc(F)c(F)cc2Cl)o1. The van der Waals surface area contributed by atoms with Gasteiger partial charge in [-0.3, -0.25) is 0 Å². The van der Waals surface area contributed by atoms with Gasteiger partial charge in [-0.2, -0.15) is 0 Å². The van der Waals surface area contributed by atoms with Crippen molar-refractivity contribution in [2.45, 2.75) is 13.0 Å². The zero-order valence-corrected chi connectivity index (χ0v) is 9.76. The zero-order valence-electron chi connectivity index (χ0n) is 9.01. The van der Waals surface area contributed by atoms with Crippen LogP contribution in [0.5, 0.6) is 0 Å². The summed E-state index contributed by atoms with van der Waals surface area (Å²) in [6.45, 7) is 1.77. The highest BCUT2D eigenvalue weighted by atomic mass is 35.5. The van der Waals surface area contributed by atoms with Crippen molar-refractivity contribution >= 4 is 11.6 Å². The lowest BCUT2D eigenvalue weighted by atomic mass is 10.1. The molecule has 0 bridgehead atoms. The van der Waals surface area contributed by atoms with Gasteiger partial charge in [0.05, 0.1) is 6.04 Å². The van der Waals surface area contributed by atoms with Gasteiger partial charge in [-0.15, -0.1) is 0 Å². The lowest BCUT2D eigenvalue weighted by Crippen LogP contribution is -2.12. The topological polar surface area (TPSA) is 39.2 Å². The summed E-state index contributed by atoms with van der Waals surface area (Å²) in [4.78, 5) is 0. The largest absolute Gasteiger partial charge is 0.464 e. The Bertz CT molecular complexity index is 553. The Hall–Kier alpha value is -1.39. The molecule has 1 aromatic carbocycles. The van der Waals surface area contributed by atoms with Crippen LogP contribution in [-0.4, -0.2) is 0 Å². The van der Waals surface area contributed by atoms with Crippen molar-refractivity contribution in [1.29, 1.82) is 0 Å². The van der Waals surface area contributed by atoms with E-state index in [1.165, 1.54) is 0 Å². The Morgan fingerprint density at radius 3 is 2.47 bits per heavy atom. The van der Waals surface area contributed by atoms with Gasteiger partial charge in [0.25, 0.3) is 0 Å². The van der Waals surface area contributed by atoms with E-state index in [2.05, 4.69) is 0 Å². The van der Waals surface area contributed by atoms with Crippen LogP contribution in [0.25, 0.3) is 0 Å². The molecule has 17 heavy (non-hydrogen) atoms. The Morgan fingerprint density at radius 1 is 1.24 bits per heavy atom. The molecule has 5 heteroatoms. The van der Waals surface area contributed by atoms with Crippen LogP contribution in [0.1, 0.15) is 23.1 Å². The Kier molecular flexibility index (Phi) is 3.17. The molecule has 0 aliphatic carbocycles. The molecule has 2 aromatic rings. The Balaban J connectivity index is 2.43. The molecule has 1 atom stereocenters. The first kappa shape index (κ1) is 12.1. The summed E-state index contributed by atoms with van der Waals surface area (Å²) in [6, 6.07) is 4.59. The van der Waals surface area contributed by atoms with E-state index in [0.29, 0.717) is 17.1 Å². The molecule has 1 heterocycles. The van der Waals surface area contributed by atoms with Crippen LogP contribution in [0.4, 0.5) is 8.78 Å². The smallest absolute Gasteiger partial charge is 0.160 e. The highest BCUT2D eigenvalue weighted by Crippen LogP contribution is 2.29. The number of nitrogens with two attached hydrogens (primary N) is 1. The minimum atomic E-state index is -0.999. The maximum absolute atomic E-state index is 13.1. The fourth-order valence-electron chi connectivity index (χ4n) is 1.55. The van der Waals surface area contributed by atoms with Crippen molar-refractivity contribution in [3.63, 3.8) is 0 Å². The summed E-state index contributed by atoms with van der Waals surface area (Å²) in [5.74, 6) is -0.839. The van der Waals surface area contributed by atoms with E-state index in [0.717, 1.165) is 12.1 Å². The number of rotatable bonds is 2. The van der Waals surface area contributed by atoms with Crippen molar-refractivity contribution < 1.29 is 13.2 Å². The molecule has 90 valence electrons. The van der Waals surface area contributed by atoms with Gasteiger partial charge in [0.15, 0.2) is 11.6 Å². The van der Waals surface area contributed by atoms with E-state index in [1.54, 1.807) is 19.1 Å². The van der Waals surface area contributed by atoms with Crippen LogP contribution >= 0.6 is 11.6 Å². The Morgan fingerprint density at radius 2 is 1.88 bits per heavy atom. The first-order valence-corrected chi connectivity index (χ1v) is 5.33. The zero-order chi connectivity index (χ0) is 12.6. The first-order valence-electron chi connectivity index (χ1n) is 4.95. The second-order valence-corrected chi connectivity index (χ2v) is 4.12. The van der Waals surface area contributed by atoms with Gasteiger partial charge in [-0.1, -0.05) is 11.6 Å². The molecule has 1 unspecified atom stereocenters. The van der Waals surface area contributed by atoms with E-state index in [9.17, 15) is 8.78 Å². The number of aryl methyl sites for hydroxylation is 1. The van der Waals surface area contributed by atoms with Crippen LogP contribution in [0.2, 0.25) is 5.02 Å². The van der Waals surface area contributed by atoms with E-state index in [-0.39, 0.29) is 5.02 Å². The molecule has 2 N–H and O–H groups in total.